The predicted molar refractivity (Wildman–Crippen MR) is 24.1 cm³/mol. The van der Waals surface area contributed by atoms with E-state index in [-0.39, 0.29) is 0 Å². The molecule has 0 heterocycles. The third-order valence-corrected chi connectivity index (χ3v) is 0.466. The summed E-state index contributed by atoms with van der Waals surface area (Å²) in [5, 5.41) is 0. The van der Waals surface area contributed by atoms with Gasteiger partial charge in [0.1, 0.15) is 6.42 Å². The van der Waals surface area contributed by atoms with E-state index < -0.39 is 12.6 Å². The molecule has 0 rings (SSSR count). The van der Waals surface area contributed by atoms with Crippen molar-refractivity contribution in [3.8, 4) is 11.8 Å². The van der Waals surface area contributed by atoms with Crippen LogP contribution in [-0.4, -0.2) is 6.18 Å². The highest BCUT2D eigenvalue weighted by Crippen LogP contribution is 2.17. The van der Waals surface area contributed by atoms with Gasteiger partial charge in [-0.3, -0.25) is 0 Å². The molecule has 0 aliphatic rings. The Balaban J connectivity index is 3.50. The molecule has 0 aromatic heterocycles. The van der Waals surface area contributed by atoms with Gasteiger partial charge in [0.05, 0.1) is 0 Å². The Hall–Kier alpha value is -0.650. The predicted octanol–water partition coefficient (Wildman–Crippen LogP) is 1.96. The normalized spacial score (nSPS) is 10.0. The minimum atomic E-state index is -4.12. The first kappa shape index (κ1) is 7.35. The van der Waals surface area contributed by atoms with Crippen LogP contribution in [0, 0.1) is 11.8 Å². The van der Waals surface area contributed by atoms with Gasteiger partial charge < -0.3 is 0 Å². The van der Waals surface area contributed by atoms with Crippen molar-refractivity contribution < 1.29 is 13.2 Å². The van der Waals surface area contributed by atoms with Crippen LogP contribution in [0.5, 0.6) is 0 Å². The highest BCUT2D eigenvalue weighted by atomic mass is 19.4. The molecule has 0 aromatic rings. The van der Waals surface area contributed by atoms with Crippen LogP contribution < -0.4 is 0 Å². The van der Waals surface area contributed by atoms with Crippen molar-refractivity contribution in [1.82, 2.24) is 0 Å². The quantitative estimate of drug-likeness (QED) is 0.431. The Morgan fingerprint density at radius 2 is 1.88 bits per heavy atom. The molecule has 0 saturated carbocycles. The molecule has 0 atom stereocenters. The monoisotopic (exact) mass is 122 g/mol. The summed E-state index contributed by atoms with van der Waals surface area (Å²) in [5.41, 5.74) is 0. The van der Waals surface area contributed by atoms with E-state index in [4.69, 9.17) is 0 Å². The maximum absolute atomic E-state index is 11.1. The van der Waals surface area contributed by atoms with Gasteiger partial charge in [-0.2, -0.15) is 13.2 Å². The van der Waals surface area contributed by atoms with E-state index in [1.807, 2.05) is 5.92 Å². The lowest BCUT2D eigenvalue weighted by Crippen LogP contribution is -2.04. The fraction of sp³-hybridized carbons (Fsp3) is 0.600. The molecular formula is C5H5F3. The molecule has 0 fully saturated rings. The van der Waals surface area contributed by atoms with Crippen LogP contribution in [0.1, 0.15) is 13.3 Å². The minimum absolute atomic E-state index is 0.997. The van der Waals surface area contributed by atoms with Crippen LogP contribution in [0.2, 0.25) is 0 Å². The maximum Gasteiger partial charge on any atom is 0.399 e. The smallest absolute Gasteiger partial charge is 0.170 e. The summed E-state index contributed by atoms with van der Waals surface area (Å²) in [6.07, 6.45) is -5.12. The Kier molecular flexibility index (Phi) is 2.40. The van der Waals surface area contributed by atoms with Gasteiger partial charge >= 0.3 is 6.18 Å². The van der Waals surface area contributed by atoms with Crippen LogP contribution in [0.15, 0.2) is 0 Å². The van der Waals surface area contributed by atoms with Crippen LogP contribution in [-0.2, 0) is 0 Å². The summed E-state index contributed by atoms with van der Waals surface area (Å²) in [5.74, 6) is 4.07. The molecular weight excluding hydrogens is 117 g/mol. The topological polar surface area (TPSA) is 0 Å². The molecule has 3 heteroatoms. The Labute approximate surface area is 45.7 Å². The Morgan fingerprint density at radius 3 is 2.00 bits per heavy atom. The molecule has 0 spiro atoms. The zero-order valence-corrected chi connectivity index (χ0v) is 4.34. The number of alkyl halides is 3. The van der Waals surface area contributed by atoms with Crippen molar-refractivity contribution in [3.05, 3.63) is 0 Å². The Bertz CT molecular complexity index is 112. The summed E-state index contributed by atoms with van der Waals surface area (Å²) in [6, 6.07) is 0. The van der Waals surface area contributed by atoms with Gasteiger partial charge in [-0.05, 0) is 6.92 Å². The average molecular weight is 122 g/mol. The van der Waals surface area contributed by atoms with Crippen LogP contribution in [0.4, 0.5) is 13.2 Å². The van der Waals surface area contributed by atoms with Crippen molar-refractivity contribution in [2.24, 2.45) is 0 Å². The minimum Gasteiger partial charge on any atom is -0.170 e. The lowest BCUT2D eigenvalue weighted by Gasteiger charge is -1.96. The first-order chi connectivity index (χ1) is 3.56. The number of rotatable bonds is 0. The van der Waals surface area contributed by atoms with Gasteiger partial charge in [0.25, 0.3) is 0 Å². The van der Waals surface area contributed by atoms with Gasteiger partial charge in [-0.15, -0.1) is 5.92 Å². The van der Waals surface area contributed by atoms with Gasteiger partial charge in [-0.25, -0.2) is 0 Å². The molecule has 0 nitrogen and oxygen atoms in total. The van der Waals surface area contributed by atoms with Gasteiger partial charge in [0.15, 0.2) is 0 Å². The molecule has 8 heavy (non-hydrogen) atoms. The zero-order valence-electron chi connectivity index (χ0n) is 4.34. The lowest BCUT2D eigenvalue weighted by molar-refractivity contribution is -0.123. The molecule has 0 aromatic carbocycles. The van der Waals surface area contributed by atoms with Gasteiger partial charge in [0, 0.05) is 0 Å². The highest BCUT2D eigenvalue weighted by molar-refractivity contribution is 4.96. The molecule has 0 radical (unpaired) electrons. The number of hydrogen-bond acceptors (Lipinski definition) is 0. The second kappa shape index (κ2) is 2.61. The summed E-state index contributed by atoms with van der Waals surface area (Å²) >= 11 is 0. The summed E-state index contributed by atoms with van der Waals surface area (Å²) in [4.78, 5) is 0. The van der Waals surface area contributed by atoms with Crippen molar-refractivity contribution in [2.45, 2.75) is 19.5 Å². The second-order valence-corrected chi connectivity index (χ2v) is 1.22. The fourth-order valence-corrected chi connectivity index (χ4v) is 0.189. The van der Waals surface area contributed by atoms with E-state index in [9.17, 15) is 13.2 Å². The second-order valence-electron chi connectivity index (χ2n) is 1.22. The highest BCUT2D eigenvalue weighted by Gasteiger charge is 2.24. The van der Waals surface area contributed by atoms with E-state index in [0.717, 1.165) is 0 Å². The number of hydrogen-bond donors (Lipinski definition) is 0. The average Bonchev–Trinajstić information content (AvgIpc) is 1.59. The van der Waals surface area contributed by atoms with Gasteiger partial charge in [-0.1, -0.05) is 5.92 Å². The first-order valence-corrected chi connectivity index (χ1v) is 2.02. The van der Waals surface area contributed by atoms with Crippen LogP contribution >= 0.6 is 0 Å². The van der Waals surface area contributed by atoms with Gasteiger partial charge in [0.2, 0.25) is 0 Å². The maximum atomic E-state index is 11.1. The van der Waals surface area contributed by atoms with Crippen molar-refractivity contribution in [1.29, 1.82) is 0 Å². The van der Waals surface area contributed by atoms with E-state index in [2.05, 4.69) is 5.92 Å². The van der Waals surface area contributed by atoms with E-state index in [0.29, 0.717) is 0 Å². The summed E-state index contributed by atoms with van der Waals surface area (Å²) in [6.45, 7) is 1.38. The van der Waals surface area contributed by atoms with Crippen LogP contribution in [0.25, 0.3) is 0 Å². The lowest BCUT2D eigenvalue weighted by atomic mass is 10.4. The standard InChI is InChI=1S/C5H5F3/c1-2-3-4-5(6,7)8/h4H2,1H3. The molecule has 46 valence electrons. The van der Waals surface area contributed by atoms with E-state index in [1.165, 1.54) is 6.92 Å². The molecule has 0 N–H and O–H groups in total. The first-order valence-electron chi connectivity index (χ1n) is 2.02. The number of halogens is 3. The van der Waals surface area contributed by atoms with Crippen molar-refractivity contribution in [2.75, 3.05) is 0 Å². The molecule has 0 aliphatic carbocycles. The molecule has 0 saturated heterocycles. The zero-order chi connectivity index (χ0) is 6.62. The van der Waals surface area contributed by atoms with E-state index >= 15 is 0 Å². The summed E-state index contributed by atoms with van der Waals surface area (Å²) < 4.78 is 33.4. The van der Waals surface area contributed by atoms with Crippen molar-refractivity contribution >= 4 is 0 Å². The largest absolute Gasteiger partial charge is 0.399 e. The molecule has 0 aliphatic heterocycles. The molecule has 0 bridgehead atoms. The van der Waals surface area contributed by atoms with E-state index in [1.54, 1.807) is 0 Å². The van der Waals surface area contributed by atoms with Crippen LogP contribution in [0.3, 0.4) is 0 Å². The fourth-order valence-electron chi connectivity index (χ4n) is 0.189. The SMILES string of the molecule is CC#CCC(F)(F)F. The molecule has 0 unspecified atom stereocenters. The Morgan fingerprint density at radius 1 is 1.38 bits per heavy atom. The third kappa shape index (κ3) is 5.35. The molecule has 0 amide bonds. The van der Waals surface area contributed by atoms with Crippen molar-refractivity contribution in [3.63, 3.8) is 0 Å². The summed E-state index contributed by atoms with van der Waals surface area (Å²) in [7, 11) is 0. The third-order valence-electron chi connectivity index (χ3n) is 0.466.